The number of hydrogen-bond acceptors (Lipinski definition) is 16. The molecule has 74 heavy (non-hydrogen) atoms. The fraction of sp³-hybridized carbons (Fsp3) is 0.467. The fourth-order valence-corrected chi connectivity index (χ4v) is 6.67. The molecular formula is C45H65N13O16. The first-order valence-corrected chi connectivity index (χ1v) is 23.0. The first kappa shape index (κ1) is 61.7. The monoisotopic (exact) mass is 1040 g/mol. The van der Waals surface area contributed by atoms with Gasteiger partial charge in [0.1, 0.15) is 42.0 Å². The van der Waals surface area contributed by atoms with Crippen molar-refractivity contribution in [1.82, 2.24) is 42.5 Å². The van der Waals surface area contributed by atoms with Crippen molar-refractivity contribution in [2.45, 2.75) is 100 Å². The van der Waals surface area contributed by atoms with Gasteiger partial charge in [0, 0.05) is 19.4 Å². The van der Waals surface area contributed by atoms with E-state index in [4.69, 9.17) is 28.0 Å². The summed E-state index contributed by atoms with van der Waals surface area (Å²) < 4.78 is 0. The van der Waals surface area contributed by atoms with Crippen LogP contribution >= 0.6 is 0 Å². The van der Waals surface area contributed by atoms with E-state index in [1.54, 1.807) is 30.3 Å². The van der Waals surface area contributed by atoms with Crippen LogP contribution in [0.2, 0.25) is 0 Å². The Hall–Kier alpha value is -8.44. The molecule has 29 nitrogen and oxygen atoms in total. The molecule has 406 valence electrons. The zero-order valence-electron chi connectivity index (χ0n) is 40.1. The predicted molar refractivity (Wildman–Crippen MR) is 260 cm³/mol. The maximum atomic E-state index is 13.8. The Balaban J connectivity index is 2.13. The second-order valence-electron chi connectivity index (χ2n) is 16.5. The number of carbonyl (C=O) groups is 11. The molecule has 7 atom stereocenters. The van der Waals surface area contributed by atoms with Crippen LogP contribution in [0.3, 0.4) is 0 Å². The number of benzene rings is 2. The third-order valence-electron chi connectivity index (χ3n) is 10.5. The summed E-state index contributed by atoms with van der Waals surface area (Å²) in [5.41, 5.74) is 22.8. The minimum atomic E-state index is -1.87. The number of rotatable bonds is 34. The number of phenols is 1. The number of aliphatic imine (C=N–C) groups is 1. The normalized spacial score (nSPS) is 13.6. The van der Waals surface area contributed by atoms with E-state index >= 15 is 0 Å². The van der Waals surface area contributed by atoms with Crippen molar-refractivity contribution >= 4 is 71.1 Å². The SMILES string of the molecule is NCCCC[C@H](NC(=O)[C@H](CCCN=C(N)N)NC(=O)[C@@H](N)CC(=O)O)C(=O)NCC(=O)NCC(=O)N[C@@H](CO)C(=O)N[C@@H](Cc1ccccc1)C(=O)N[C@@H](CC(=O)O)C(=O)N[C@@H](Cc1ccc(O)cc1)C(=O)O. The van der Waals surface area contributed by atoms with Gasteiger partial charge >= 0.3 is 17.9 Å². The number of aliphatic hydroxyl groups excluding tert-OH is 1. The molecule has 0 saturated heterocycles. The lowest BCUT2D eigenvalue weighted by atomic mass is 10.0. The molecule has 8 amide bonds. The zero-order valence-corrected chi connectivity index (χ0v) is 40.1. The lowest BCUT2D eigenvalue weighted by Crippen LogP contribution is -2.59. The molecule has 0 saturated carbocycles. The van der Waals surface area contributed by atoms with Crippen LogP contribution in [-0.2, 0) is 65.6 Å². The number of carbonyl (C=O) groups excluding carboxylic acids is 8. The Labute approximate surface area is 423 Å². The third kappa shape index (κ3) is 24.1. The van der Waals surface area contributed by atoms with Gasteiger partial charge in [-0.1, -0.05) is 42.5 Å². The minimum absolute atomic E-state index is 0.0128. The molecule has 0 spiro atoms. The van der Waals surface area contributed by atoms with E-state index in [1.807, 2.05) is 0 Å². The summed E-state index contributed by atoms with van der Waals surface area (Å²) in [5, 5.41) is 66.4. The number of guanidine groups is 1. The Morgan fingerprint density at radius 1 is 0.527 bits per heavy atom. The van der Waals surface area contributed by atoms with E-state index in [-0.39, 0.29) is 56.9 Å². The van der Waals surface area contributed by atoms with Gasteiger partial charge in [-0.05, 0) is 61.9 Å². The number of nitrogens with two attached hydrogens (primary N) is 4. The fourth-order valence-electron chi connectivity index (χ4n) is 6.67. The van der Waals surface area contributed by atoms with Crippen molar-refractivity contribution in [2.75, 3.05) is 32.8 Å². The largest absolute Gasteiger partial charge is 0.508 e. The minimum Gasteiger partial charge on any atom is -0.508 e. The summed E-state index contributed by atoms with van der Waals surface area (Å²) in [5.74, 6) is -12.9. The number of phenolic OH excluding ortho intramolecular Hbond substituents is 1. The Bertz CT molecular complexity index is 2280. The maximum absolute atomic E-state index is 13.8. The van der Waals surface area contributed by atoms with Gasteiger partial charge in [0.05, 0.1) is 38.6 Å². The van der Waals surface area contributed by atoms with Crippen LogP contribution in [0.5, 0.6) is 5.75 Å². The lowest BCUT2D eigenvalue weighted by Gasteiger charge is -2.25. The summed E-state index contributed by atoms with van der Waals surface area (Å²) in [6, 6.07) is 2.42. The van der Waals surface area contributed by atoms with E-state index in [0.717, 1.165) is 0 Å². The van der Waals surface area contributed by atoms with Gasteiger partial charge in [-0.2, -0.15) is 0 Å². The molecule has 0 radical (unpaired) electrons. The number of aliphatic carboxylic acids is 3. The van der Waals surface area contributed by atoms with E-state index in [0.29, 0.717) is 24.0 Å². The average Bonchev–Trinajstić information content (AvgIpc) is 3.34. The summed E-state index contributed by atoms with van der Waals surface area (Å²) in [6.07, 6.45) is -1.48. The molecule has 0 bridgehead atoms. The number of amides is 8. The number of carboxylic acid groups (broad SMARTS) is 3. The molecule has 0 fully saturated rings. The van der Waals surface area contributed by atoms with Crippen LogP contribution in [0.25, 0.3) is 0 Å². The molecule has 21 N–H and O–H groups in total. The van der Waals surface area contributed by atoms with Crippen molar-refractivity contribution in [1.29, 1.82) is 0 Å². The summed E-state index contributed by atoms with van der Waals surface area (Å²) >= 11 is 0. The van der Waals surface area contributed by atoms with Crippen molar-refractivity contribution in [2.24, 2.45) is 27.9 Å². The quantitative estimate of drug-likeness (QED) is 0.0176. The maximum Gasteiger partial charge on any atom is 0.326 e. The number of hydrogen-bond donors (Lipinski definition) is 17. The van der Waals surface area contributed by atoms with Crippen molar-refractivity contribution in [3.8, 4) is 5.75 Å². The topological polar surface area (TPSA) is 502 Å². The lowest BCUT2D eigenvalue weighted by molar-refractivity contribution is -0.143. The highest BCUT2D eigenvalue weighted by molar-refractivity contribution is 5.98. The van der Waals surface area contributed by atoms with Crippen LogP contribution < -0.4 is 65.5 Å². The molecule has 29 heteroatoms. The van der Waals surface area contributed by atoms with Gasteiger partial charge in [0.25, 0.3) is 0 Å². The summed E-state index contributed by atoms with van der Waals surface area (Å²) in [4.78, 5) is 144. The molecule has 2 aromatic carbocycles. The Morgan fingerprint density at radius 3 is 1.62 bits per heavy atom. The van der Waals surface area contributed by atoms with Crippen LogP contribution in [0, 0.1) is 0 Å². The molecule has 0 aliphatic rings. The average molecular weight is 1040 g/mol. The van der Waals surface area contributed by atoms with Crippen molar-refractivity contribution in [3.05, 3.63) is 65.7 Å². The van der Waals surface area contributed by atoms with Crippen molar-refractivity contribution < 1.29 is 78.3 Å². The van der Waals surface area contributed by atoms with E-state index in [2.05, 4.69) is 47.5 Å². The number of unbranched alkanes of at least 4 members (excludes halogenated alkanes) is 1. The summed E-state index contributed by atoms with van der Waals surface area (Å²) in [7, 11) is 0. The highest BCUT2D eigenvalue weighted by atomic mass is 16.4. The van der Waals surface area contributed by atoms with Crippen molar-refractivity contribution in [3.63, 3.8) is 0 Å². The van der Waals surface area contributed by atoms with E-state index < -0.39 is 140 Å². The molecule has 2 rings (SSSR count). The van der Waals surface area contributed by atoms with Gasteiger partial charge in [-0.15, -0.1) is 0 Å². The van der Waals surface area contributed by atoms with E-state index in [9.17, 15) is 73.2 Å². The Morgan fingerprint density at radius 2 is 1.03 bits per heavy atom. The molecule has 0 aliphatic heterocycles. The standard InChI is InChI=1S/C45H65N13O16/c46-15-5-4-9-28(55-40(69)29(10-6-16-50-45(48)49)54-38(67)27(47)19-36(63)64)39(68)52-21-34(61)51-22-35(62)53-33(23-59)43(72)56-30(17-24-7-2-1-3-8-24)41(70)57-31(20-37(65)66)42(71)58-32(44(73)74)18-25-11-13-26(60)14-12-25/h1-3,7-8,11-14,27-33,59-60H,4-6,9-10,15-23,46-47H2,(H,51,61)(H,52,68)(H,53,62)(H,54,67)(H,55,69)(H,56,72)(H,57,70)(H,58,71)(H,63,64)(H,65,66)(H,73,74)(H4,48,49,50)/t27-,28-,29-,30-,31-,32-,33-/m0/s1. The smallest absolute Gasteiger partial charge is 0.326 e. The predicted octanol–water partition coefficient (Wildman–Crippen LogP) is -6.15. The van der Waals surface area contributed by atoms with Crippen LogP contribution in [0.4, 0.5) is 0 Å². The Kier molecular flexibility index (Phi) is 27.1. The van der Waals surface area contributed by atoms with Gasteiger partial charge < -0.3 is 91.0 Å². The van der Waals surface area contributed by atoms with Crippen LogP contribution in [-0.4, -0.2) is 172 Å². The molecular weight excluding hydrogens is 979 g/mol. The van der Waals surface area contributed by atoms with Crippen LogP contribution in [0.15, 0.2) is 59.6 Å². The van der Waals surface area contributed by atoms with E-state index in [1.165, 1.54) is 24.3 Å². The molecule has 0 unspecified atom stereocenters. The first-order valence-electron chi connectivity index (χ1n) is 23.0. The van der Waals surface area contributed by atoms with Crippen LogP contribution in [0.1, 0.15) is 56.1 Å². The number of nitrogens with one attached hydrogen (secondary N) is 8. The summed E-state index contributed by atoms with van der Waals surface area (Å²) in [6.45, 7) is -2.32. The number of aliphatic hydroxyl groups is 1. The number of aromatic hydroxyl groups is 1. The number of nitrogens with zero attached hydrogens (tertiary/aromatic N) is 1. The van der Waals surface area contributed by atoms with Gasteiger partial charge in [-0.3, -0.25) is 52.9 Å². The first-order chi connectivity index (χ1) is 35.0. The molecule has 0 aliphatic carbocycles. The van der Waals surface area contributed by atoms with Gasteiger partial charge in [0.2, 0.25) is 47.3 Å². The second kappa shape index (κ2) is 32.5. The molecule has 0 heterocycles. The molecule has 2 aromatic rings. The highest BCUT2D eigenvalue weighted by Crippen LogP contribution is 2.13. The van der Waals surface area contributed by atoms with Gasteiger partial charge in [-0.25, -0.2) is 4.79 Å². The van der Waals surface area contributed by atoms with Gasteiger partial charge in [0.15, 0.2) is 5.96 Å². The third-order valence-corrected chi connectivity index (χ3v) is 10.5. The second-order valence-corrected chi connectivity index (χ2v) is 16.5. The molecule has 0 aromatic heterocycles. The number of carboxylic acids is 3. The zero-order chi connectivity index (χ0) is 55.3. The highest BCUT2D eigenvalue weighted by Gasteiger charge is 2.33.